The van der Waals surface area contributed by atoms with Gasteiger partial charge in [0, 0.05) is 0 Å². The first-order valence-corrected chi connectivity index (χ1v) is 5.99. The van der Waals surface area contributed by atoms with Crippen molar-refractivity contribution in [3.63, 3.8) is 0 Å². The van der Waals surface area contributed by atoms with Gasteiger partial charge in [0.2, 0.25) is 0 Å². The van der Waals surface area contributed by atoms with Crippen molar-refractivity contribution in [2.24, 2.45) is 0 Å². The molecule has 1 heterocycles. The normalized spacial score (nSPS) is 17.9. The third-order valence-corrected chi connectivity index (χ3v) is 3.00. The number of carboxylic acid groups (broad SMARTS) is 1. The lowest BCUT2D eigenvalue weighted by Gasteiger charge is -2.02. The third-order valence-electron chi connectivity index (χ3n) is 3.00. The van der Waals surface area contributed by atoms with Gasteiger partial charge in [-0.2, -0.15) is 0 Å². The second-order valence-corrected chi connectivity index (χ2v) is 4.33. The second kappa shape index (κ2) is 7.19. The smallest absolute Gasteiger partial charge is 0.335 e. The molecule has 1 aromatic rings. The summed E-state index contributed by atoms with van der Waals surface area (Å²) in [5.74, 6) is -0.872. The Morgan fingerprint density at radius 1 is 1.17 bits per heavy atom. The Kier molecular flexibility index (Phi) is 5.89. The summed E-state index contributed by atoms with van der Waals surface area (Å²) in [4.78, 5) is 10.7. The van der Waals surface area contributed by atoms with Crippen LogP contribution in [0.2, 0.25) is 0 Å². The van der Waals surface area contributed by atoms with Gasteiger partial charge < -0.3 is 10.4 Å². The lowest BCUT2D eigenvalue weighted by Crippen LogP contribution is -2.13. The summed E-state index contributed by atoms with van der Waals surface area (Å²) in [5.41, 5.74) is 2.87. The Morgan fingerprint density at radius 3 is 2.56 bits per heavy atom. The van der Waals surface area contributed by atoms with Crippen molar-refractivity contribution in [2.45, 2.75) is 19.3 Å². The number of hydrogen-bond donors (Lipinski definition) is 2. The van der Waals surface area contributed by atoms with Crippen LogP contribution in [0.4, 0.5) is 0 Å². The minimum atomic E-state index is -0.872. The van der Waals surface area contributed by atoms with E-state index in [-0.39, 0.29) is 12.4 Å². The number of nitrogens with one attached hydrogen (secondary N) is 1. The molecule has 0 aliphatic carbocycles. The van der Waals surface area contributed by atoms with Crippen LogP contribution >= 0.6 is 12.4 Å². The van der Waals surface area contributed by atoms with E-state index in [2.05, 4.69) is 11.4 Å². The molecule has 4 heteroatoms. The molecule has 18 heavy (non-hydrogen) atoms. The highest BCUT2D eigenvalue weighted by molar-refractivity contribution is 5.87. The van der Waals surface area contributed by atoms with E-state index < -0.39 is 5.97 Å². The average Bonchev–Trinajstić information content (AvgIpc) is 2.58. The van der Waals surface area contributed by atoms with Crippen LogP contribution < -0.4 is 5.32 Å². The zero-order chi connectivity index (χ0) is 12.1. The van der Waals surface area contributed by atoms with Crippen LogP contribution in [0.1, 0.15) is 35.2 Å². The summed E-state index contributed by atoms with van der Waals surface area (Å²) in [6, 6.07) is 7.05. The molecule has 0 atom stereocenters. The van der Waals surface area contributed by atoms with E-state index in [0.717, 1.165) is 31.5 Å². The monoisotopic (exact) mass is 267 g/mol. The number of benzene rings is 1. The molecular weight excluding hydrogens is 250 g/mol. The standard InChI is InChI=1S/C14H17NO2.ClH/c16-14(17)13-5-3-12(4-6-13)10-11-2-1-8-15-9-7-11;/h3-6,10,15H,1-2,7-9H2,(H,16,17);1H. The Balaban J connectivity index is 0.00000162. The second-order valence-electron chi connectivity index (χ2n) is 4.33. The van der Waals surface area contributed by atoms with Crippen molar-refractivity contribution in [1.82, 2.24) is 5.32 Å². The number of aromatic carboxylic acids is 1. The molecule has 2 N–H and O–H groups in total. The van der Waals surface area contributed by atoms with Gasteiger partial charge in [0.1, 0.15) is 0 Å². The van der Waals surface area contributed by atoms with Crippen molar-refractivity contribution in [3.05, 3.63) is 41.0 Å². The molecule has 0 radical (unpaired) electrons. The number of rotatable bonds is 2. The summed E-state index contributed by atoms with van der Waals surface area (Å²) in [5, 5.41) is 12.2. The summed E-state index contributed by atoms with van der Waals surface area (Å²) in [7, 11) is 0. The molecule has 0 bridgehead atoms. The van der Waals surface area contributed by atoms with Crippen LogP contribution in [0.25, 0.3) is 6.08 Å². The fraction of sp³-hybridized carbons (Fsp3) is 0.357. The van der Waals surface area contributed by atoms with Gasteiger partial charge in [0.15, 0.2) is 0 Å². The molecule has 1 saturated heterocycles. The Bertz CT molecular complexity index is 416. The maximum Gasteiger partial charge on any atom is 0.335 e. The zero-order valence-corrected chi connectivity index (χ0v) is 11.0. The van der Waals surface area contributed by atoms with Crippen molar-refractivity contribution in [1.29, 1.82) is 0 Å². The molecule has 3 nitrogen and oxygen atoms in total. The van der Waals surface area contributed by atoms with Crippen molar-refractivity contribution in [3.8, 4) is 0 Å². The van der Waals surface area contributed by atoms with Crippen LogP contribution in [-0.2, 0) is 0 Å². The maximum atomic E-state index is 10.7. The first kappa shape index (κ1) is 14.7. The molecular formula is C14H18ClNO2. The van der Waals surface area contributed by atoms with Gasteiger partial charge in [0.25, 0.3) is 0 Å². The largest absolute Gasteiger partial charge is 0.478 e. The first-order chi connectivity index (χ1) is 8.25. The van der Waals surface area contributed by atoms with Crippen molar-refractivity contribution < 1.29 is 9.90 Å². The molecule has 98 valence electrons. The summed E-state index contributed by atoms with van der Waals surface area (Å²) < 4.78 is 0. The topological polar surface area (TPSA) is 49.3 Å². The van der Waals surface area contributed by atoms with E-state index in [1.807, 2.05) is 12.1 Å². The van der Waals surface area contributed by atoms with Gasteiger partial charge in [-0.1, -0.05) is 23.8 Å². The lowest BCUT2D eigenvalue weighted by molar-refractivity contribution is 0.0697. The van der Waals surface area contributed by atoms with E-state index in [0.29, 0.717) is 5.56 Å². The molecule has 0 amide bonds. The average molecular weight is 268 g/mol. The molecule has 0 spiro atoms. The summed E-state index contributed by atoms with van der Waals surface area (Å²) >= 11 is 0. The van der Waals surface area contributed by atoms with Gasteiger partial charge in [-0.3, -0.25) is 0 Å². The van der Waals surface area contributed by atoms with E-state index in [4.69, 9.17) is 5.11 Å². The van der Waals surface area contributed by atoms with Crippen LogP contribution in [0.5, 0.6) is 0 Å². The molecule has 2 rings (SSSR count). The van der Waals surface area contributed by atoms with Gasteiger partial charge in [-0.05, 0) is 50.0 Å². The SMILES string of the molecule is Cl.O=C(O)c1ccc(C=C2CCCNCC2)cc1. The highest BCUT2D eigenvalue weighted by atomic mass is 35.5. The first-order valence-electron chi connectivity index (χ1n) is 5.99. The number of carbonyl (C=O) groups is 1. The summed E-state index contributed by atoms with van der Waals surface area (Å²) in [6.07, 6.45) is 5.58. The molecule has 1 fully saturated rings. The lowest BCUT2D eigenvalue weighted by atomic mass is 10.0. The van der Waals surface area contributed by atoms with Gasteiger partial charge in [0.05, 0.1) is 5.56 Å². The van der Waals surface area contributed by atoms with E-state index in [1.165, 1.54) is 12.0 Å². The Hall–Kier alpha value is -1.32. The van der Waals surface area contributed by atoms with Gasteiger partial charge >= 0.3 is 5.97 Å². The van der Waals surface area contributed by atoms with Crippen molar-refractivity contribution >= 4 is 24.5 Å². The minimum absolute atomic E-state index is 0. The maximum absolute atomic E-state index is 10.7. The highest BCUT2D eigenvalue weighted by Crippen LogP contribution is 2.17. The molecule has 1 aromatic carbocycles. The number of hydrogen-bond acceptors (Lipinski definition) is 2. The zero-order valence-electron chi connectivity index (χ0n) is 10.2. The Labute approximate surface area is 113 Å². The Morgan fingerprint density at radius 2 is 1.89 bits per heavy atom. The predicted molar refractivity (Wildman–Crippen MR) is 75.3 cm³/mol. The number of carboxylic acids is 1. The van der Waals surface area contributed by atoms with E-state index in [1.54, 1.807) is 12.1 Å². The third kappa shape index (κ3) is 4.17. The van der Waals surface area contributed by atoms with Gasteiger partial charge in [-0.15, -0.1) is 12.4 Å². The summed E-state index contributed by atoms with van der Waals surface area (Å²) in [6.45, 7) is 2.13. The van der Waals surface area contributed by atoms with Crippen LogP contribution in [0.3, 0.4) is 0 Å². The fourth-order valence-electron chi connectivity index (χ4n) is 2.04. The fourth-order valence-corrected chi connectivity index (χ4v) is 2.04. The molecule has 0 saturated carbocycles. The van der Waals surface area contributed by atoms with E-state index >= 15 is 0 Å². The van der Waals surface area contributed by atoms with Crippen molar-refractivity contribution in [2.75, 3.05) is 13.1 Å². The molecule has 0 unspecified atom stereocenters. The molecule has 0 aromatic heterocycles. The highest BCUT2D eigenvalue weighted by Gasteiger charge is 2.04. The minimum Gasteiger partial charge on any atom is -0.478 e. The van der Waals surface area contributed by atoms with Crippen LogP contribution in [0, 0.1) is 0 Å². The van der Waals surface area contributed by atoms with Gasteiger partial charge in [-0.25, -0.2) is 4.79 Å². The number of halogens is 1. The molecule has 1 aliphatic heterocycles. The molecule has 1 aliphatic rings. The van der Waals surface area contributed by atoms with Crippen LogP contribution in [0.15, 0.2) is 29.8 Å². The van der Waals surface area contributed by atoms with Crippen LogP contribution in [-0.4, -0.2) is 24.2 Å². The predicted octanol–water partition coefficient (Wildman–Crippen LogP) is 2.96. The quantitative estimate of drug-likeness (QED) is 0.866. The van der Waals surface area contributed by atoms with E-state index in [9.17, 15) is 4.79 Å².